The fourth-order valence-electron chi connectivity index (χ4n) is 1.15. The summed E-state index contributed by atoms with van der Waals surface area (Å²) in [6.07, 6.45) is 1.12. The topological polar surface area (TPSA) is 76.2 Å². The van der Waals surface area contributed by atoms with Gasteiger partial charge in [0, 0.05) is 17.8 Å². The van der Waals surface area contributed by atoms with E-state index in [-0.39, 0.29) is 6.42 Å². The molecule has 0 aromatic carbocycles. The Morgan fingerprint density at radius 3 is 2.79 bits per heavy atom. The van der Waals surface area contributed by atoms with Crippen LogP contribution >= 0.6 is 0 Å². The van der Waals surface area contributed by atoms with Crippen molar-refractivity contribution in [3.63, 3.8) is 0 Å². The first-order valence-electron chi connectivity index (χ1n) is 4.56. The number of carboxylic acids is 1. The van der Waals surface area contributed by atoms with E-state index in [4.69, 9.17) is 10.8 Å². The highest BCUT2D eigenvalue weighted by atomic mass is 16.4. The van der Waals surface area contributed by atoms with Gasteiger partial charge < -0.3 is 10.8 Å². The van der Waals surface area contributed by atoms with Crippen LogP contribution in [0.2, 0.25) is 0 Å². The Bertz CT molecular complexity index is 326. The zero-order chi connectivity index (χ0) is 10.6. The summed E-state index contributed by atoms with van der Waals surface area (Å²) in [4.78, 5) is 14.8. The first kappa shape index (κ1) is 10.7. The summed E-state index contributed by atoms with van der Waals surface area (Å²) in [5.41, 5.74) is 7.09. The number of aryl methyl sites for hydroxylation is 1. The Balaban J connectivity index is 2.71. The molecule has 1 heterocycles. The molecule has 0 bridgehead atoms. The van der Waals surface area contributed by atoms with Gasteiger partial charge in [0.2, 0.25) is 0 Å². The number of hydrogen-bond acceptors (Lipinski definition) is 3. The lowest BCUT2D eigenvalue weighted by atomic mass is 10.1. The van der Waals surface area contributed by atoms with Gasteiger partial charge in [0.15, 0.2) is 0 Å². The summed E-state index contributed by atoms with van der Waals surface area (Å²) >= 11 is 0. The molecule has 1 aromatic heterocycles. The molecule has 0 aliphatic heterocycles. The van der Waals surface area contributed by atoms with E-state index in [1.54, 1.807) is 6.07 Å². The molecule has 0 aliphatic rings. The van der Waals surface area contributed by atoms with Crippen molar-refractivity contribution in [2.24, 2.45) is 5.73 Å². The Hall–Kier alpha value is -1.42. The Kier molecular flexibility index (Phi) is 3.59. The summed E-state index contributed by atoms with van der Waals surface area (Å²) < 4.78 is 0. The SMILES string of the molecule is CCc1cccc(C[C@@H](N)C(=O)O)n1. The van der Waals surface area contributed by atoms with Crippen molar-refractivity contribution in [2.75, 3.05) is 0 Å². The molecule has 14 heavy (non-hydrogen) atoms. The lowest BCUT2D eigenvalue weighted by Gasteiger charge is -2.06. The van der Waals surface area contributed by atoms with Crippen molar-refractivity contribution < 1.29 is 9.90 Å². The van der Waals surface area contributed by atoms with E-state index < -0.39 is 12.0 Å². The second-order valence-corrected chi connectivity index (χ2v) is 3.12. The average molecular weight is 194 g/mol. The van der Waals surface area contributed by atoms with Gasteiger partial charge in [-0.1, -0.05) is 13.0 Å². The summed E-state index contributed by atoms with van der Waals surface area (Å²) in [6, 6.07) is 4.71. The van der Waals surface area contributed by atoms with Crippen molar-refractivity contribution in [3.05, 3.63) is 29.6 Å². The molecule has 0 amide bonds. The van der Waals surface area contributed by atoms with E-state index in [9.17, 15) is 4.79 Å². The lowest BCUT2D eigenvalue weighted by molar-refractivity contribution is -0.138. The number of carbonyl (C=O) groups is 1. The second kappa shape index (κ2) is 4.72. The van der Waals surface area contributed by atoms with Crippen LogP contribution in [0.4, 0.5) is 0 Å². The fraction of sp³-hybridized carbons (Fsp3) is 0.400. The van der Waals surface area contributed by atoms with Crippen LogP contribution in [0.25, 0.3) is 0 Å². The molecule has 0 radical (unpaired) electrons. The normalized spacial score (nSPS) is 12.4. The molecule has 0 aliphatic carbocycles. The van der Waals surface area contributed by atoms with Crippen LogP contribution in [-0.4, -0.2) is 22.1 Å². The van der Waals surface area contributed by atoms with Gasteiger partial charge in [0.05, 0.1) is 0 Å². The van der Waals surface area contributed by atoms with Crippen LogP contribution in [0.1, 0.15) is 18.3 Å². The number of nitrogens with two attached hydrogens (primary N) is 1. The minimum atomic E-state index is -0.992. The van der Waals surface area contributed by atoms with Crippen LogP contribution in [-0.2, 0) is 17.6 Å². The van der Waals surface area contributed by atoms with Crippen LogP contribution in [0.15, 0.2) is 18.2 Å². The molecule has 0 spiro atoms. The largest absolute Gasteiger partial charge is 0.480 e. The van der Waals surface area contributed by atoms with E-state index in [1.165, 1.54) is 0 Å². The number of rotatable bonds is 4. The maximum absolute atomic E-state index is 10.5. The highest BCUT2D eigenvalue weighted by molar-refractivity contribution is 5.73. The summed E-state index contributed by atoms with van der Waals surface area (Å²) in [5.74, 6) is -0.992. The van der Waals surface area contributed by atoms with Gasteiger partial charge in [-0.15, -0.1) is 0 Å². The monoisotopic (exact) mass is 194 g/mol. The molecular formula is C10H14N2O2. The molecular weight excluding hydrogens is 180 g/mol. The molecule has 1 aromatic rings. The second-order valence-electron chi connectivity index (χ2n) is 3.12. The summed E-state index contributed by atoms with van der Waals surface area (Å²) in [6.45, 7) is 2.00. The van der Waals surface area contributed by atoms with E-state index in [0.29, 0.717) is 0 Å². The molecule has 1 atom stereocenters. The molecule has 76 valence electrons. The fourth-order valence-corrected chi connectivity index (χ4v) is 1.15. The van der Waals surface area contributed by atoms with Gasteiger partial charge in [0.25, 0.3) is 0 Å². The van der Waals surface area contributed by atoms with Gasteiger partial charge >= 0.3 is 5.97 Å². The molecule has 0 saturated heterocycles. The maximum Gasteiger partial charge on any atom is 0.320 e. The van der Waals surface area contributed by atoms with E-state index in [1.807, 2.05) is 19.1 Å². The van der Waals surface area contributed by atoms with Gasteiger partial charge in [-0.3, -0.25) is 9.78 Å². The van der Waals surface area contributed by atoms with Crippen molar-refractivity contribution in [1.29, 1.82) is 0 Å². The predicted octanol–water partition coefficient (Wildman–Crippen LogP) is 0.598. The van der Waals surface area contributed by atoms with Crippen molar-refractivity contribution in [3.8, 4) is 0 Å². The minimum Gasteiger partial charge on any atom is -0.480 e. The lowest BCUT2D eigenvalue weighted by Crippen LogP contribution is -2.32. The van der Waals surface area contributed by atoms with Crippen molar-refractivity contribution in [1.82, 2.24) is 4.98 Å². The number of aromatic nitrogens is 1. The van der Waals surface area contributed by atoms with Gasteiger partial charge in [-0.2, -0.15) is 0 Å². The predicted molar refractivity (Wildman–Crippen MR) is 52.9 cm³/mol. The smallest absolute Gasteiger partial charge is 0.320 e. The van der Waals surface area contributed by atoms with E-state index >= 15 is 0 Å². The third-order valence-corrected chi connectivity index (χ3v) is 1.97. The first-order chi connectivity index (χ1) is 6.63. The van der Waals surface area contributed by atoms with Crippen molar-refractivity contribution >= 4 is 5.97 Å². The standard InChI is InChI=1S/C10H14N2O2/c1-2-7-4-3-5-8(12-7)6-9(11)10(13)14/h3-5,9H,2,6,11H2,1H3,(H,13,14)/t9-/m1/s1. The first-order valence-corrected chi connectivity index (χ1v) is 4.56. The van der Waals surface area contributed by atoms with Crippen LogP contribution in [0, 0.1) is 0 Å². The number of aliphatic carboxylic acids is 1. The van der Waals surface area contributed by atoms with Gasteiger partial charge in [-0.25, -0.2) is 0 Å². The van der Waals surface area contributed by atoms with Crippen LogP contribution in [0.3, 0.4) is 0 Å². The van der Waals surface area contributed by atoms with E-state index in [0.717, 1.165) is 17.8 Å². The molecule has 4 heteroatoms. The quantitative estimate of drug-likeness (QED) is 0.735. The van der Waals surface area contributed by atoms with Crippen LogP contribution < -0.4 is 5.73 Å². The molecule has 1 rings (SSSR count). The van der Waals surface area contributed by atoms with Crippen LogP contribution in [0.5, 0.6) is 0 Å². The third-order valence-electron chi connectivity index (χ3n) is 1.97. The number of carboxylic acid groups (broad SMARTS) is 1. The number of hydrogen-bond donors (Lipinski definition) is 2. The van der Waals surface area contributed by atoms with Crippen molar-refractivity contribution in [2.45, 2.75) is 25.8 Å². The highest BCUT2D eigenvalue weighted by Crippen LogP contribution is 2.02. The third kappa shape index (κ3) is 2.81. The minimum absolute atomic E-state index is 0.281. The maximum atomic E-state index is 10.5. The molecule has 0 fully saturated rings. The van der Waals surface area contributed by atoms with Gasteiger partial charge in [-0.05, 0) is 18.6 Å². The average Bonchev–Trinajstić information content (AvgIpc) is 2.18. The zero-order valence-electron chi connectivity index (χ0n) is 8.10. The zero-order valence-corrected chi connectivity index (χ0v) is 8.10. The van der Waals surface area contributed by atoms with E-state index in [2.05, 4.69) is 4.98 Å². The molecule has 4 nitrogen and oxygen atoms in total. The summed E-state index contributed by atoms with van der Waals surface area (Å²) in [5, 5.41) is 8.62. The van der Waals surface area contributed by atoms with Gasteiger partial charge in [0.1, 0.15) is 6.04 Å². The molecule has 3 N–H and O–H groups in total. The Morgan fingerprint density at radius 1 is 1.57 bits per heavy atom. The highest BCUT2D eigenvalue weighted by Gasteiger charge is 2.12. The summed E-state index contributed by atoms with van der Waals surface area (Å²) in [7, 11) is 0. The number of nitrogens with zero attached hydrogens (tertiary/aromatic N) is 1. The Morgan fingerprint density at radius 2 is 2.21 bits per heavy atom. The number of pyridine rings is 1. The Labute approximate surface area is 82.8 Å². The molecule has 0 unspecified atom stereocenters. The molecule has 0 saturated carbocycles.